The third kappa shape index (κ3) is 3.74. The Labute approximate surface area is 171 Å². The molecule has 0 fully saturated rings. The molecule has 0 saturated heterocycles. The number of aryl methyl sites for hydroxylation is 1. The average molecular weight is 405 g/mol. The van der Waals surface area contributed by atoms with E-state index in [1.54, 1.807) is 23.6 Å². The van der Waals surface area contributed by atoms with Crippen LogP contribution >= 0.6 is 11.3 Å². The van der Waals surface area contributed by atoms with Crippen LogP contribution in [-0.4, -0.2) is 20.4 Å². The highest BCUT2D eigenvalue weighted by molar-refractivity contribution is 7.13. The Balaban J connectivity index is 1.54. The zero-order valence-corrected chi connectivity index (χ0v) is 16.8. The lowest BCUT2D eigenvalue weighted by atomic mass is 10.2. The topological polar surface area (TPSA) is 88.9 Å². The summed E-state index contributed by atoms with van der Waals surface area (Å²) in [5.41, 5.74) is 8.18. The maximum Gasteiger partial charge on any atom is 0.289 e. The number of thiazole rings is 1. The van der Waals surface area contributed by atoms with Crippen LogP contribution in [0.4, 0.5) is 5.95 Å². The molecule has 0 aliphatic rings. The second kappa shape index (κ2) is 7.84. The largest absolute Gasteiger partial charge is 0.289 e. The number of nitrogens with one attached hydrogen (secondary N) is 2. The van der Waals surface area contributed by atoms with Gasteiger partial charge in [0.25, 0.3) is 11.5 Å². The van der Waals surface area contributed by atoms with Crippen LogP contribution in [0.15, 0.2) is 58.7 Å². The number of hydrogen-bond acceptors (Lipinski definition) is 6. The van der Waals surface area contributed by atoms with E-state index in [2.05, 4.69) is 20.8 Å². The van der Waals surface area contributed by atoms with Crippen molar-refractivity contribution < 1.29 is 4.79 Å². The highest BCUT2D eigenvalue weighted by Gasteiger charge is 2.14. The molecule has 0 bridgehead atoms. The molecule has 0 saturated carbocycles. The normalized spacial score (nSPS) is 10.8. The second-order valence-electron chi connectivity index (χ2n) is 6.49. The minimum atomic E-state index is -0.398. The van der Waals surface area contributed by atoms with E-state index in [0.717, 1.165) is 16.1 Å². The van der Waals surface area contributed by atoms with Gasteiger partial charge in [0.15, 0.2) is 0 Å². The lowest BCUT2D eigenvalue weighted by molar-refractivity contribution is 0.0958. The Hall–Kier alpha value is -3.52. The van der Waals surface area contributed by atoms with Crippen LogP contribution in [0, 0.1) is 6.92 Å². The number of fused-ring (bicyclic) bond motifs is 1. The zero-order chi connectivity index (χ0) is 20.4. The number of benzene rings is 2. The molecule has 0 radical (unpaired) electrons. The van der Waals surface area contributed by atoms with Gasteiger partial charge in [-0.3, -0.25) is 25.0 Å². The Bertz CT molecular complexity index is 1240. The van der Waals surface area contributed by atoms with Crippen LogP contribution in [0.3, 0.4) is 0 Å². The van der Waals surface area contributed by atoms with E-state index in [4.69, 9.17) is 0 Å². The van der Waals surface area contributed by atoms with E-state index >= 15 is 0 Å². The molecule has 4 aromatic rings. The molecule has 2 N–H and O–H groups in total. The van der Waals surface area contributed by atoms with E-state index in [-0.39, 0.29) is 11.5 Å². The van der Waals surface area contributed by atoms with Crippen molar-refractivity contribution >= 4 is 34.1 Å². The van der Waals surface area contributed by atoms with Crippen molar-refractivity contribution in [2.45, 2.75) is 20.4 Å². The molecule has 0 aliphatic heterocycles. The average Bonchev–Trinajstić information content (AvgIpc) is 3.23. The number of amides is 1. The molecule has 4 rings (SSSR count). The highest BCUT2D eigenvalue weighted by Crippen LogP contribution is 2.24. The molecule has 8 heteroatoms. The molecule has 1 amide bonds. The molecule has 146 valence electrons. The van der Waals surface area contributed by atoms with Crippen molar-refractivity contribution in [1.29, 1.82) is 0 Å². The third-order valence-corrected chi connectivity index (χ3v) is 5.39. The van der Waals surface area contributed by atoms with Crippen LogP contribution in [0.2, 0.25) is 0 Å². The molecule has 0 spiro atoms. The second-order valence-corrected chi connectivity index (χ2v) is 7.34. The van der Waals surface area contributed by atoms with Crippen LogP contribution in [0.1, 0.15) is 23.0 Å². The van der Waals surface area contributed by atoms with Gasteiger partial charge >= 0.3 is 0 Å². The van der Waals surface area contributed by atoms with Gasteiger partial charge in [0.05, 0.1) is 10.9 Å². The predicted molar refractivity (Wildman–Crippen MR) is 115 cm³/mol. The summed E-state index contributed by atoms with van der Waals surface area (Å²) < 4.78 is 1.47. The molecular weight excluding hydrogens is 386 g/mol. The predicted octanol–water partition coefficient (Wildman–Crippen LogP) is 3.61. The lowest BCUT2D eigenvalue weighted by Gasteiger charge is -2.13. The maximum atomic E-state index is 12.6. The summed E-state index contributed by atoms with van der Waals surface area (Å²) in [7, 11) is 0. The first-order valence-corrected chi connectivity index (χ1v) is 10.0. The minimum absolute atomic E-state index is 0.162. The fourth-order valence-electron chi connectivity index (χ4n) is 2.94. The van der Waals surface area contributed by atoms with Crippen molar-refractivity contribution in [2.75, 3.05) is 5.43 Å². The summed E-state index contributed by atoms with van der Waals surface area (Å²) in [6.07, 6.45) is 0. The molecule has 0 atom stereocenters. The lowest BCUT2D eigenvalue weighted by Crippen LogP contribution is -2.34. The summed E-state index contributed by atoms with van der Waals surface area (Å²) in [6.45, 7) is 4.29. The van der Waals surface area contributed by atoms with E-state index in [1.807, 2.05) is 44.2 Å². The van der Waals surface area contributed by atoms with Crippen LogP contribution < -0.4 is 16.4 Å². The van der Waals surface area contributed by atoms with Crippen molar-refractivity contribution in [3.63, 3.8) is 0 Å². The first kappa shape index (κ1) is 18.8. The Morgan fingerprint density at radius 3 is 2.62 bits per heavy atom. The van der Waals surface area contributed by atoms with Crippen LogP contribution in [0.25, 0.3) is 21.5 Å². The van der Waals surface area contributed by atoms with Crippen LogP contribution in [0.5, 0.6) is 0 Å². The fourth-order valence-corrected chi connectivity index (χ4v) is 3.75. The van der Waals surface area contributed by atoms with E-state index in [9.17, 15) is 9.59 Å². The number of hydrazine groups is 1. The zero-order valence-electron chi connectivity index (χ0n) is 16.0. The summed E-state index contributed by atoms with van der Waals surface area (Å²) in [6, 6.07) is 15.1. The smallest absolute Gasteiger partial charge is 0.277 e. The number of rotatable bonds is 5. The molecule has 7 nitrogen and oxygen atoms in total. The van der Waals surface area contributed by atoms with Gasteiger partial charge < -0.3 is 0 Å². The standard InChI is InChI=1S/C21H19N5O2S/c1-3-26-20(28)15-6-4-5-7-16(15)23-21(26)25-24-18(27)17-12-29-19(22-17)14-10-8-13(2)9-11-14/h4-12H,3H2,1-2H3,(H,23,25)(H,24,27). The van der Waals surface area contributed by atoms with Crippen molar-refractivity contribution in [1.82, 2.24) is 20.0 Å². The number of anilines is 1. The van der Waals surface area contributed by atoms with Gasteiger partial charge in [-0.1, -0.05) is 42.0 Å². The Kier molecular flexibility index (Phi) is 5.09. The molecule has 2 aromatic carbocycles. The first-order valence-electron chi connectivity index (χ1n) is 9.15. The Morgan fingerprint density at radius 1 is 1.10 bits per heavy atom. The van der Waals surface area contributed by atoms with Crippen molar-refractivity contribution in [2.24, 2.45) is 0 Å². The third-order valence-electron chi connectivity index (χ3n) is 4.50. The van der Waals surface area contributed by atoms with Crippen molar-refractivity contribution in [3.8, 4) is 10.6 Å². The first-order chi connectivity index (χ1) is 14.1. The number of hydrogen-bond donors (Lipinski definition) is 2. The van der Waals surface area contributed by atoms with Gasteiger partial charge in [-0.25, -0.2) is 9.97 Å². The van der Waals surface area contributed by atoms with E-state index in [0.29, 0.717) is 23.1 Å². The van der Waals surface area contributed by atoms with Crippen molar-refractivity contribution in [3.05, 3.63) is 75.5 Å². The van der Waals surface area contributed by atoms with Gasteiger partial charge in [-0.15, -0.1) is 11.3 Å². The SMILES string of the molecule is CCn1c(NNC(=O)c2csc(-c3ccc(C)cc3)n2)nc2ccccc2c1=O. The van der Waals surface area contributed by atoms with Gasteiger partial charge in [-0.05, 0) is 26.0 Å². The summed E-state index contributed by atoms with van der Waals surface area (Å²) in [5.74, 6) is -0.122. The van der Waals surface area contributed by atoms with E-state index in [1.165, 1.54) is 15.9 Å². The van der Waals surface area contributed by atoms with Gasteiger partial charge in [0.2, 0.25) is 5.95 Å². The monoisotopic (exact) mass is 405 g/mol. The number of carbonyl (C=O) groups excluding carboxylic acids is 1. The number of nitrogens with zero attached hydrogens (tertiary/aromatic N) is 3. The summed E-state index contributed by atoms with van der Waals surface area (Å²) >= 11 is 1.40. The fraction of sp³-hybridized carbons (Fsp3) is 0.143. The molecule has 0 aliphatic carbocycles. The number of carbonyl (C=O) groups is 1. The van der Waals surface area contributed by atoms with Gasteiger partial charge in [-0.2, -0.15) is 0 Å². The highest BCUT2D eigenvalue weighted by atomic mass is 32.1. The van der Waals surface area contributed by atoms with E-state index < -0.39 is 5.91 Å². The molecule has 2 heterocycles. The Morgan fingerprint density at radius 2 is 1.86 bits per heavy atom. The maximum absolute atomic E-state index is 12.6. The van der Waals surface area contributed by atoms with Crippen LogP contribution in [-0.2, 0) is 6.54 Å². The number of aromatic nitrogens is 3. The molecule has 0 unspecified atom stereocenters. The number of para-hydroxylation sites is 1. The quantitative estimate of drug-likeness (QED) is 0.495. The van der Waals surface area contributed by atoms with Gasteiger partial charge in [0.1, 0.15) is 10.7 Å². The molecule has 2 aromatic heterocycles. The summed E-state index contributed by atoms with van der Waals surface area (Å²) in [4.78, 5) is 34.0. The molecular formula is C21H19N5O2S. The minimum Gasteiger partial charge on any atom is -0.277 e. The van der Waals surface area contributed by atoms with Gasteiger partial charge in [0, 0.05) is 17.5 Å². The summed E-state index contributed by atoms with van der Waals surface area (Å²) in [5, 5.41) is 3.00. The molecule has 29 heavy (non-hydrogen) atoms.